The smallest absolute Gasteiger partial charge is 0.239 e. The maximum atomic E-state index is 13.7. The average Bonchev–Trinajstić information content (AvgIpc) is 3.20. The fraction of sp³-hybridized carbons (Fsp3) is 0.500. The summed E-state index contributed by atoms with van der Waals surface area (Å²) in [7, 11) is 0. The van der Waals surface area contributed by atoms with Crippen LogP contribution in [0.5, 0.6) is 0 Å². The van der Waals surface area contributed by atoms with Gasteiger partial charge in [0.2, 0.25) is 5.91 Å². The molecule has 2 heterocycles. The van der Waals surface area contributed by atoms with Crippen LogP contribution in [0.2, 0.25) is 0 Å². The van der Waals surface area contributed by atoms with Gasteiger partial charge in [0.25, 0.3) is 0 Å². The number of nitrogens with zero attached hydrogens (tertiary/aromatic N) is 2. The van der Waals surface area contributed by atoms with Crippen molar-refractivity contribution in [3.8, 4) is 5.69 Å². The topological polar surface area (TPSA) is 71.0 Å². The van der Waals surface area contributed by atoms with Gasteiger partial charge >= 0.3 is 0 Å². The van der Waals surface area contributed by atoms with Crippen molar-refractivity contribution in [2.75, 3.05) is 0 Å². The molecule has 1 aromatic carbocycles. The molecule has 0 saturated carbocycles. The number of halogens is 1. The number of hydrazine groups is 1. The first-order chi connectivity index (χ1) is 12.8. The second-order valence-corrected chi connectivity index (χ2v) is 8.52. The van der Waals surface area contributed by atoms with Gasteiger partial charge in [-0.25, -0.2) is 14.5 Å². The fourth-order valence-corrected chi connectivity index (χ4v) is 4.16. The molecule has 4 rings (SSSR count). The first-order valence-electron chi connectivity index (χ1n) is 9.46. The van der Waals surface area contributed by atoms with Crippen molar-refractivity contribution < 1.29 is 9.18 Å². The Morgan fingerprint density at radius 2 is 2.19 bits per heavy atom. The Kier molecular flexibility index (Phi) is 4.52. The van der Waals surface area contributed by atoms with Crippen LogP contribution < -0.4 is 16.2 Å². The van der Waals surface area contributed by atoms with Gasteiger partial charge in [-0.15, -0.1) is 0 Å². The van der Waals surface area contributed by atoms with Gasteiger partial charge in [0.1, 0.15) is 11.9 Å². The zero-order valence-corrected chi connectivity index (χ0v) is 15.9. The predicted octanol–water partition coefficient (Wildman–Crippen LogP) is 2.40. The van der Waals surface area contributed by atoms with E-state index in [2.05, 4.69) is 35.1 Å². The molecule has 1 fully saturated rings. The van der Waals surface area contributed by atoms with Crippen molar-refractivity contribution in [1.29, 1.82) is 0 Å². The van der Waals surface area contributed by atoms with Crippen LogP contribution in [0.4, 0.5) is 4.39 Å². The highest BCUT2D eigenvalue weighted by Crippen LogP contribution is 2.41. The number of hydrogen-bond acceptors (Lipinski definition) is 4. The molecule has 144 valence electrons. The monoisotopic (exact) mass is 371 g/mol. The van der Waals surface area contributed by atoms with Crippen LogP contribution in [0.3, 0.4) is 0 Å². The summed E-state index contributed by atoms with van der Waals surface area (Å²) < 4.78 is 15.5. The minimum absolute atomic E-state index is 0.000921. The van der Waals surface area contributed by atoms with E-state index in [1.165, 1.54) is 12.1 Å². The molecule has 7 heteroatoms. The maximum Gasteiger partial charge on any atom is 0.239 e. The van der Waals surface area contributed by atoms with E-state index in [0.717, 1.165) is 30.5 Å². The minimum Gasteiger partial charge on any atom is -0.348 e. The first-order valence-corrected chi connectivity index (χ1v) is 9.46. The Morgan fingerprint density at radius 3 is 2.89 bits per heavy atom. The molecule has 2 aromatic rings. The normalized spacial score (nSPS) is 26.6. The number of hydrogen-bond donors (Lipinski definition) is 3. The molecule has 3 unspecified atom stereocenters. The number of fused-ring (bicyclic) bond motifs is 1. The van der Waals surface area contributed by atoms with Crippen LogP contribution in [0, 0.1) is 11.2 Å². The van der Waals surface area contributed by atoms with Crippen LogP contribution in [-0.2, 0) is 11.2 Å². The zero-order valence-electron chi connectivity index (χ0n) is 15.9. The van der Waals surface area contributed by atoms with Gasteiger partial charge < -0.3 is 5.32 Å². The third-order valence-corrected chi connectivity index (χ3v) is 5.46. The van der Waals surface area contributed by atoms with E-state index < -0.39 is 0 Å². The van der Waals surface area contributed by atoms with Gasteiger partial charge in [-0.2, -0.15) is 5.10 Å². The standard InChI is InChI=1S/C20H26FN5O/c1-12-7-16(25-24-12)19(27)23-17-9-20(2,3)10-18-15(17)11-22-26(18)14-6-4-5-13(21)8-14/h4-6,8,11-12,16-17,24-25H,7,9-10H2,1-3H3,(H,23,27). The Bertz CT molecular complexity index is 862. The van der Waals surface area contributed by atoms with Gasteiger partial charge in [0, 0.05) is 11.6 Å². The molecule has 1 amide bonds. The van der Waals surface area contributed by atoms with E-state index >= 15 is 0 Å². The van der Waals surface area contributed by atoms with Crippen molar-refractivity contribution >= 4 is 5.91 Å². The molecular weight excluding hydrogens is 345 g/mol. The number of nitrogens with one attached hydrogen (secondary N) is 3. The van der Waals surface area contributed by atoms with Crippen LogP contribution in [0.1, 0.15) is 50.9 Å². The quantitative estimate of drug-likeness (QED) is 0.775. The van der Waals surface area contributed by atoms with Crippen LogP contribution in [0.25, 0.3) is 5.69 Å². The highest BCUT2D eigenvalue weighted by atomic mass is 19.1. The van der Waals surface area contributed by atoms with E-state index in [9.17, 15) is 9.18 Å². The van der Waals surface area contributed by atoms with Crippen LogP contribution in [0.15, 0.2) is 30.5 Å². The molecule has 27 heavy (non-hydrogen) atoms. The van der Waals surface area contributed by atoms with E-state index in [0.29, 0.717) is 5.69 Å². The largest absolute Gasteiger partial charge is 0.348 e. The van der Waals surface area contributed by atoms with Crippen molar-refractivity contribution in [3.63, 3.8) is 0 Å². The third kappa shape index (κ3) is 3.61. The van der Waals surface area contributed by atoms with E-state index in [-0.39, 0.29) is 35.3 Å². The van der Waals surface area contributed by atoms with E-state index in [1.807, 2.05) is 19.2 Å². The molecule has 6 nitrogen and oxygen atoms in total. The molecule has 0 spiro atoms. The zero-order chi connectivity index (χ0) is 19.2. The lowest BCUT2D eigenvalue weighted by Crippen LogP contribution is -2.46. The molecule has 0 bridgehead atoms. The molecule has 1 aromatic heterocycles. The van der Waals surface area contributed by atoms with Crippen molar-refractivity contribution in [3.05, 3.63) is 47.5 Å². The van der Waals surface area contributed by atoms with Gasteiger partial charge in [0.15, 0.2) is 0 Å². The molecular formula is C20H26FN5O. The van der Waals surface area contributed by atoms with Gasteiger partial charge in [0.05, 0.1) is 23.6 Å². The Morgan fingerprint density at radius 1 is 1.37 bits per heavy atom. The predicted molar refractivity (Wildman–Crippen MR) is 101 cm³/mol. The number of amides is 1. The summed E-state index contributed by atoms with van der Waals surface area (Å²) in [6, 6.07) is 6.39. The fourth-order valence-electron chi connectivity index (χ4n) is 4.16. The summed E-state index contributed by atoms with van der Waals surface area (Å²) in [5.41, 5.74) is 8.91. The molecule has 2 aliphatic rings. The summed E-state index contributed by atoms with van der Waals surface area (Å²) >= 11 is 0. The average molecular weight is 371 g/mol. The molecule has 1 aliphatic heterocycles. The number of rotatable bonds is 3. The Labute approximate surface area is 158 Å². The summed E-state index contributed by atoms with van der Waals surface area (Å²) in [5, 5.41) is 7.71. The molecule has 3 atom stereocenters. The summed E-state index contributed by atoms with van der Waals surface area (Å²) in [4.78, 5) is 12.7. The minimum atomic E-state index is -0.286. The van der Waals surface area contributed by atoms with Crippen LogP contribution in [-0.4, -0.2) is 27.8 Å². The summed E-state index contributed by atoms with van der Waals surface area (Å²) in [6.07, 6.45) is 4.24. The lowest BCUT2D eigenvalue weighted by molar-refractivity contribution is -0.123. The molecule has 1 aliphatic carbocycles. The number of benzene rings is 1. The van der Waals surface area contributed by atoms with Gasteiger partial charge in [-0.05, 0) is 49.8 Å². The van der Waals surface area contributed by atoms with Crippen LogP contribution >= 0.6 is 0 Å². The Balaban J connectivity index is 1.63. The number of carbonyl (C=O) groups is 1. The first kappa shape index (κ1) is 18.1. The van der Waals surface area contributed by atoms with E-state index in [1.54, 1.807) is 10.7 Å². The third-order valence-electron chi connectivity index (χ3n) is 5.46. The second-order valence-electron chi connectivity index (χ2n) is 8.52. The SMILES string of the molecule is CC1CC(C(=O)NC2CC(C)(C)Cc3c2cnn3-c2cccc(F)c2)NN1. The molecule has 3 N–H and O–H groups in total. The highest BCUT2D eigenvalue weighted by Gasteiger charge is 2.37. The lowest BCUT2D eigenvalue weighted by Gasteiger charge is -2.36. The molecule has 0 radical (unpaired) electrons. The lowest BCUT2D eigenvalue weighted by atomic mass is 9.74. The van der Waals surface area contributed by atoms with Gasteiger partial charge in [-0.3, -0.25) is 10.2 Å². The Hall–Kier alpha value is -2.25. The highest BCUT2D eigenvalue weighted by molar-refractivity contribution is 5.82. The number of aromatic nitrogens is 2. The maximum absolute atomic E-state index is 13.7. The van der Waals surface area contributed by atoms with Crippen molar-refractivity contribution in [2.24, 2.45) is 5.41 Å². The number of carbonyl (C=O) groups excluding carboxylic acids is 1. The summed E-state index contributed by atoms with van der Waals surface area (Å²) in [6.45, 7) is 6.43. The van der Waals surface area contributed by atoms with Crippen molar-refractivity contribution in [1.82, 2.24) is 25.9 Å². The van der Waals surface area contributed by atoms with E-state index in [4.69, 9.17) is 0 Å². The summed E-state index contributed by atoms with van der Waals surface area (Å²) in [5.74, 6) is -0.287. The second kappa shape index (κ2) is 6.73. The van der Waals surface area contributed by atoms with Gasteiger partial charge in [-0.1, -0.05) is 19.9 Å². The van der Waals surface area contributed by atoms with Crippen molar-refractivity contribution in [2.45, 2.75) is 58.2 Å². The molecule has 1 saturated heterocycles.